The molecule has 3 heteroatoms. The van der Waals surface area contributed by atoms with Crippen LogP contribution < -0.4 is 16.0 Å². The molecule has 106 valence electrons. The van der Waals surface area contributed by atoms with E-state index in [0.29, 0.717) is 0 Å². The average Bonchev–Trinajstić information content (AvgIpc) is 2.46. The van der Waals surface area contributed by atoms with Crippen molar-refractivity contribution in [3.05, 3.63) is 29.3 Å². The second kappa shape index (κ2) is 6.92. The summed E-state index contributed by atoms with van der Waals surface area (Å²) >= 11 is 0. The van der Waals surface area contributed by atoms with Crippen LogP contribution in [0.2, 0.25) is 0 Å². The summed E-state index contributed by atoms with van der Waals surface area (Å²) in [7, 11) is 1.70. The van der Waals surface area contributed by atoms with Crippen molar-refractivity contribution >= 4 is 0 Å². The SMILES string of the molecule is COc1ccc(C(CC2CCCCC2)NN)c(C)c1. The van der Waals surface area contributed by atoms with Crippen molar-refractivity contribution in [2.45, 2.75) is 51.5 Å². The van der Waals surface area contributed by atoms with E-state index in [-0.39, 0.29) is 6.04 Å². The standard InChI is InChI=1S/C16H26N2O/c1-12-10-14(19-2)8-9-15(12)16(18-17)11-13-6-4-3-5-7-13/h8-10,13,16,18H,3-7,11,17H2,1-2H3. The Morgan fingerprint density at radius 2 is 2.05 bits per heavy atom. The Morgan fingerprint density at radius 3 is 2.63 bits per heavy atom. The molecule has 0 aromatic heterocycles. The van der Waals surface area contributed by atoms with Crippen LogP contribution in [-0.2, 0) is 0 Å². The molecule has 1 atom stereocenters. The fourth-order valence-electron chi connectivity index (χ4n) is 3.21. The maximum atomic E-state index is 5.78. The topological polar surface area (TPSA) is 47.3 Å². The molecule has 0 heterocycles. The Balaban J connectivity index is 2.07. The molecule has 1 fully saturated rings. The molecule has 1 aromatic rings. The average molecular weight is 262 g/mol. The van der Waals surface area contributed by atoms with E-state index in [1.165, 1.54) is 43.2 Å². The molecule has 0 radical (unpaired) electrons. The van der Waals surface area contributed by atoms with Crippen molar-refractivity contribution < 1.29 is 4.74 Å². The van der Waals surface area contributed by atoms with Crippen LogP contribution in [-0.4, -0.2) is 7.11 Å². The normalized spacial score (nSPS) is 18.3. The molecule has 3 nitrogen and oxygen atoms in total. The van der Waals surface area contributed by atoms with Gasteiger partial charge in [-0.3, -0.25) is 11.3 Å². The number of methoxy groups -OCH3 is 1. The molecule has 1 unspecified atom stereocenters. The lowest BCUT2D eigenvalue weighted by Gasteiger charge is -2.27. The highest BCUT2D eigenvalue weighted by atomic mass is 16.5. The molecule has 1 aliphatic rings. The van der Waals surface area contributed by atoms with Gasteiger partial charge in [0.1, 0.15) is 5.75 Å². The predicted molar refractivity (Wildman–Crippen MR) is 79.0 cm³/mol. The summed E-state index contributed by atoms with van der Waals surface area (Å²) in [5.41, 5.74) is 5.55. The maximum Gasteiger partial charge on any atom is 0.119 e. The number of hydrogen-bond acceptors (Lipinski definition) is 3. The van der Waals surface area contributed by atoms with Gasteiger partial charge >= 0.3 is 0 Å². The fraction of sp³-hybridized carbons (Fsp3) is 0.625. The Bertz CT molecular complexity index is 400. The molecule has 1 saturated carbocycles. The van der Waals surface area contributed by atoms with E-state index in [4.69, 9.17) is 10.6 Å². The van der Waals surface area contributed by atoms with Crippen LogP contribution in [0.25, 0.3) is 0 Å². The van der Waals surface area contributed by atoms with Crippen molar-refractivity contribution in [1.29, 1.82) is 0 Å². The quantitative estimate of drug-likeness (QED) is 0.631. The molecule has 19 heavy (non-hydrogen) atoms. The van der Waals surface area contributed by atoms with E-state index < -0.39 is 0 Å². The van der Waals surface area contributed by atoms with Crippen LogP contribution in [0.3, 0.4) is 0 Å². The van der Waals surface area contributed by atoms with E-state index in [2.05, 4.69) is 24.5 Å². The minimum Gasteiger partial charge on any atom is -0.497 e. The van der Waals surface area contributed by atoms with E-state index in [1.54, 1.807) is 7.11 Å². The van der Waals surface area contributed by atoms with Crippen LogP contribution in [0, 0.1) is 12.8 Å². The maximum absolute atomic E-state index is 5.78. The number of ether oxygens (including phenoxy) is 1. The molecule has 1 aliphatic carbocycles. The number of aryl methyl sites for hydroxylation is 1. The summed E-state index contributed by atoms with van der Waals surface area (Å²) in [6.45, 7) is 2.13. The molecule has 0 saturated heterocycles. The number of nitrogens with one attached hydrogen (secondary N) is 1. The smallest absolute Gasteiger partial charge is 0.119 e. The summed E-state index contributed by atoms with van der Waals surface area (Å²) in [6, 6.07) is 6.50. The zero-order valence-electron chi connectivity index (χ0n) is 12.1. The Hall–Kier alpha value is -1.06. The molecule has 2 rings (SSSR count). The molecule has 0 spiro atoms. The number of rotatable bonds is 5. The Labute approximate surface area is 116 Å². The monoisotopic (exact) mass is 262 g/mol. The molecule has 0 amide bonds. The second-order valence-electron chi connectivity index (χ2n) is 5.68. The summed E-state index contributed by atoms with van der Waals surface area (Å²) in [5.74, 6) is 7.51. The van der Waals surface area contributed by atoms with Gasteiger partial charge in [-0.25, -0.2) is 0 Å². The van der Waals surface area contributed by atoms with Gasteiger partial charge in [0.25, 0.3) is 0 Å². The molecule has 3 N–H and O–H groups in total. The van der Waals surface area contributed by atoms with E-state index in [0.717, 1.165) is 18.1 Å². The lowest BCUT2D eigenvalue weighted by atomic mass is 9.83. The summed E-state index contributed by atoms with van der Waals surface area (Å²) < 4.78 is 5.26. The van der Waals surface area contributed by atoms with Gasteiger partial charge in [0.2, 0.25) is 0 Å². The first-order valence-corrected chi connectivity index (χ1v) is 7.35. The molecule has 0 aliphatic heterocycles. The van der Waals surface area contributed by atoms with Crippen molar-refractivity contribution in [2.75, 3.05) is 7.11 Å². The van der Waals surface area contributed by atoms with Gasteiger partial charge < -0.3 is 4.74 Å². The summed E-state index contributed by atoms with van der Waals surface area (Å²) in [5, 5.41) is 0. The highest BCUT2D eigenvalue weighted by Gasteiger charge is 2.20. The summed E-state index contributed by atoms with van der Waals surface area (Å²) in [6.07, 6.45) is 8.01. The molecule has 1 aromatic carbocycles. The number of benzene rings is 1. The summed E-state index contributed by atoms with van der Waals surface area (Å²) in [4.78, 5) is 0. The first kappa shape index (κ1) is 14.4. The lowest BCUT2D eigenvalue weighted by molar-refractivity contribution is 0.300. The third kappa shape index (κ3) is 3.71. The van der Waals surface area contributed by atoms with Gasteiger partial charge in [-0.05, 0) is 42.5 Å². The fourth-order valence-corrected chi connectivity index (χ4v) is 3.21. The van der Waals surface area contributed by atoms with Crippen LogP contribution >= 0.6 is 0 Å². The van der Waals surface area contributed by atoms with Gasteiger partial charge in [-0.1, -0.05) is 38.2 Å². The van der Waals surface area contributed by atoms with Crippen LogP contribution in [0.15, 0.2) is 18.2 Å². The van der Waals surface area contributed by atoms with Crippen LogP contribution in [0.1, 0.15) is 55.7 Å². The van der Waals surface area contributed by atoms with Gasteiger partial charge in [-0.2, -0.15) is 0 Å². The van der Waals surface area contributed by atoms with Gasteiger partial charge in [-0.15, -0.1) is 0 Å². The Morgan fingerprint density at radius 1 is 1.32 bits per heavy atom. The van der Waals surface area contributed by atoms with Crippen molar-refractivity contribution in [3.63, 3.8) is 0 Å². The van der Waals surface area contributed by atoms with Gasteiger partial charge in [0, 0.05) is 6.04 Å². The number of hydrogen-bond donors (Lipinski definition) is 2. The molecular weight excluding hydrogens is 236 g/mol. The third-order valence-corrected chi connectivity index (χ3v) is 4.35. The Kier molecular flexibility index (Phi) is 5.23. The van der Waals surface area contributed by atoms with Gasteiger partial charge in [0.15, 0.2) is 0 Å². The molecule has 0 bridgehead atoms. The zero-order valence-corrected chi connectivity index (χ0v) is 12.1. The predicted octanol–water partition coefficient (Wildman–Crippen LogP) is 3.48. The third-order valence-electron chi connectivity index (χ3n) is 4.35. The first-order chi connectivity index (χ1) is 9.24. The molecular formula is C16H26N2O. The highest BCUT2D eigenvalue weighted by molar-refractivity contribution is 5.36. The van der Waals surface area contributed by atoms with Crippen molar-refractivity contribution in [1.82, 2.24) is 5.43 Å². The first-order valence-electron chi connectivity index (χ1n) is 7.35. The highest BCUT2D eigenvalue weighted by Crippen LogP contribution is 2.33. The van der Waals surface area contributed by atoms with E-state index in [9.17, 15) is 0 Å². The van der Waals surface area contributed by atoms with E-state index in [1.807, 2.05) is 6.07 Å². The van der Waals surface area contributed by atoms with Crippen molar-refractivity contribution in [2.24, 2.45) is 11.8 Å². The van der Waals surface area contributed by atoms with E-state index >= 15 is 0 Å². The largest absolute Gasteiger partial charge is 0.497 e. The minimum atomic E-state index is 0.258. The second-order valence-corrected chi connectivity index (χ2v) is 5.68. The van der Waals surface area contributed by atoms with Gasteiger partial charge in [0.05, 0.1) is 7.11 Å². The lowest BCUT2D eigenvalue weighted by Crippen LogP contribution is -2.30. The number of nitrogens with two attached hydrogens (primary N) is 1. The zero-order chi connectivity index (χ0) is 13.7. The number of hydrazine groups is 1. The van der Waals surface area contributed by atoms with Crippen LogP contribution in [0.5, 0.6) is 5.75 Å². The van der Waals surface area contributed by atoms with Crippen molar-refractivity contribution in [3.8, 4) is 5.75 Å². The van der Waals surface area contributed by atoms with Crippen LogP contribution in [0.4, 0.5) is 0 Å². The minimum absolute atomic E-state index is 0.258.